The minimum absolute atomic E-state index is 0.110. The number of ether oxygens (including phenoxy) is 5. The molecule has 14 heteroatoms. The summed E-state index contributed by atoms with van der Waals surface area (Å²) in [5.41, 5.74) is 0.457. The van der Waals surface area contributed by atoms with Crippen molar-refractivity contribution >= 4 is 12.0 Å². The molecule has 2 aliphatic heterocycles. The van der Waals surface area contributed by atoms with E-state index in [-0.39, 0.29) is 11.5 Å². The van der Waals surface area contributed by atoms with Gasteiger partial charge in [0.05, 0.1) is 20.3 Å². The lowest BCUT2D eigenvalue weighted by atomic mass is 9.98. The predicted octanol–water partition coefficient (Wildman–Crippen LogP) is -3.42. The Morgan fingerprint density at radius 3 is 2.33 bits per heavy atom. The average Bonchev–Trinajstić information content (AvgIpc) is 3.12. The number of hydrogen-bond donors (Lipinski definition) is 8. The lowest BCUT2D eigenvalue weighted by Gasteiger charge is -2.44. The summed E-state index contributed by atoms with van der Waals surface area (Å²) < 4.78 is 26.2. The lowest BCUT2D eigenvalue weighted by molar-refractivity contribution is -0.383. The Kier molecular flexibility index (Phi) is 9.23. The molecule has 2 aliphatic rings. The molecule has 0 radical (unpaired) electrons. The van der Waals surface area contributed by atoms with Crippen molar-refractivity contribution in [2.45, 2.75) is 54.8 Å². The van der Waals surface area contributed by atoms with Crippen LogP contribution in [0.5, 0.6) is 11.5 Å². The van der Waals surface area contributed by atoms with E-state index in [0.29, 0.717) is 5.56 Å². The normalized spacial score (nSPS) is 36.8. The fourth-order valence-corrected chi connectivity index (χ4v) is 3.89. The van der Waals surface area contributed by atoms with Crippen molar-refractivity contribution in [3.05, 3.63) is 29.8 Å². The molecule has 0 saturated carbocycles. The number of carbonyl (C=O) groups is 1. The largest absolute Gasteiger partial charge is 0.504 e. The van der Waals surface area contributed by atoms with Gasteiger partial charge >= 0.3 is 5.97 Å². The second-order valence-corrected chi connectivity index (χ2v) is 8.23. The van der Waals surface area contributed by atoms with E-state index in [1.165, 1.54) is 31.4 Å². The second-order valence-electron chi connectivity index (χ2n) is 8.23. The fourth-order valence-electron chi connectivity index (χ4n) is 3.89. The van der Waals surface area contributed by atoms with E-state index < -0.39 is 80.6 Å². The van der Waals surface area contributed by atoms with Gasteiger partial charge in [-0.05, 0) is 23.8 Å². The van der Waals surface area contributed by atoms with Gasteiger partial charge in [-0.1, -0.05) is 6.07 Å². The zero-order chi connectivity index (χ0) is 26.6. The quantitative estimate of drug-likeness (QED) is 0.118. The molecule has 2 saturated heterocycles. The molecule has 0 aliphatic carbocycles. The smallest absolute Gasteiger partial charge is 0.331 e. The van der Waals surface area contributed by atoms with Gasteiger partial charge in [0, 0.05) is 6.08 Å². The molecule has 3 rings (SSSR count). The molecule has 1 aromatic carbocycles. The van der Waals surface area contributed by atoms with Gasteiger partial charge in [0.25, 0.3) is 0 Å². The first-order valence-corrected chi connectivity index (χ1v) is 10.9. The zero-order valence-corrected chi connectivity index (χ0v) is 19.2. The maximum Gasteiger partial charge on any atom is 0.331 e. The summed E-state index contributed by atoms with van der Waals surface area (Å²) >= 11 is 0. The molecule has 0 aromatic heterocycles. The van der Waals surface area contributed by atoms with Gasteiger partial charge in [-0.3, -0.25) is 0 Å². The number of phenols is 1. The molecule has 1 aromatic rings. The summed E-state index contributed by atoms with van der Waals surface area (Å²) in [5.74, 6) is -3.30. The number of aliphatic hydroxyl groups excluding tert-OH is 7. The molecule has 2 heterocycles. The Hall–Kier alpha value is -2.37. The van der Waals surface area contributed by atoms with Gasteiger partial charge in [0.1, 0.15) is 43.2 Å². The van der Waals surface area contributed by atoms with Crippen LogP contribution in [-0.2, 0) is 23.7 Å². The van der Waals surface area contributed by atoms with Crippen molar-refractivity contribution in [3.63, 3.8) is 0 Å². The molecule has 0 bridgehead atoms. The average molecular weight is 518 g/mol. The first kappa shape index (κ1) is 28.2. The second kappa shape index (κ2) is 11.8. The zero-order valence-electron chi connectivity index (χ0n) is 19.2. The highest BCUT2D eigenvalue weighted by Gasteiger charge is 2.58. The number of aliphatic hydroxyl groups is 7. The lowest BCUT2D eigenvalue weighted by Crippen LogP contribution is -2.63. The number of benzene rings is 1. The monoisotopic (exact) mass is 518 g/mol. The Morgan fingerprint density at radius 1 is 1.06 bits per heavy atom. The third-order valence-electron chi connectivity index (χ3n) is 5.91. The topological polar surface area (TPSA) is 225 Å². The van der Waals surface area contributed by atoms with Crippen LogP contribution in [0.4, 0.5) is 0 Å². The molecule has 0 amide bonds. The fraction of sp³-hybridized carbons (Fsp3) is 0.591. The highest BCUT2D eigenvalue weighted by Crippen LogP contribution is 2.36. The Morgan fingerprint density at radius 2 is 1.75 bits per heavy atom. The van der Waals surface area contributed by atoms with E-state index in [2.05, 4.69) is 0 Å². The van der Waals surface area contributed by atoms with Crippen LogP contribution < -0.4 is 4.74 Å². The van der Waals surface area contributed by atoms with Crippen LogP contribution in [-0.4, -0.2) is 129 Å². The van der Waals surface area contributed by atoms with Crippen molar-refractivity contribution in [2.24, 2.45) is 0 Å². The SMILES string of the molecule is COc1cc(/C=C/C(=O)O[C@@H]2[C@@H](O)[C@@H](O[C@@]3(CO)O[C@@H](CO)[C@H](O)[C@H]3O)O[C@H](CO)[C@H]2O)ccc1O. The number of hydrogen-bond acceptors (Lipinski definition) is 14. The van der Waals surface area contributed by atoms with Crippen LogP contribution in [0, 0.1) is 0 Å². The number of carbonyl (C=O) groups excluding carboxylic acids is 1. The third-order valence-corrected chi connectivity index (χ3v) is 5.91. The van der Waals surface area contributed by atoms with Crippen molar-refractivity contribution in [3.8, 4) is 11.5 Å². The summed E-state index contributed by atoms with van der Waals surface area (Å²) in [4.78, 5) is 12.4. The molecule has 9 atom stereocenters. The van der Waals surface area contributed by atoms with E-state index in [1.54, 1.807) is 0 Å². The standard InChI is InChI=1S/C22H30O14/c1-32-12-6-10(2-4-11(12)26)3-5-15(27)34-19-16(28)13(7-23)33-21(18(19)30)36-22(9-25)20(31)17(29)14(8-24)35-22/h2-6,13-14,16-21,23-26,28-31H,7-9H2,1H3/b5-3+/t13-,14+,16-,17+,18-,19+,20-,21-,22-/m1/s1. The first-order chi connectivity index (χ1) is 17.1. The van der Waals surface area contributed by atoms with Crippen molar-refractivity contribution in [1.29, 1.82) is 0 Å². The maximum absolute atomic E-state index is 12.4. The van der Waals surface area contributed by atoms with E-state index in [1.807, 2.05) is 0 Å². The van der Waals surface area contributed by atoms with E-state index in [4.69, 9.17) is 23.7 Å². The van der Waals surface area contributed by atoms with Gasteiger partial charge in [-0.15, -0.1) is 0 Å². The Balaban J connectivity index is 1.76. The predicted molar refractivity (Wildman–Crippen MR) is 116 cm³/mol. The summed E-state index contributed by atoms with van der Waals surface area (Å²) in [7, 11) is 1.35. The molecule has 2 fully saturated rings. The van der Waals surface area contributed by atoms with Gasteiger partial charge in [0.2, 0.25) is 5.79 Å². The minimum atomic E-state index is -2.34. The molecule has 14 nitrogen and oxygen atoms in total. The van der Waals surface area contributed by atoms with Crippen LogP contribution in [0.3, 0.4) is 0 Å². The van der Waals surface area contributed by atoms with Crippen LogP contribution in [0.1, 0.15) is 5.56 Å². The molecule has 0 spiro atoms. The van der Waals surface area contributed by atoms with Crippen LogP contribution in [0.25, 0.3) is 6.08 Å². The number of aromatic hydroxyl groups is 1. The summed E-state index contributed by atoms with van der Waals surface area (Å²) in [5, 5.41) is 79.9. The summed E-state index contributed by atoms with van der Waals surface area (Å²) in [6.07, 6.45) is -11.1. The van der Waals surface area contributed by atoms with Crippen LogP contribution in [0.2, 0.25) is 0 Å². The van der Waals surface area contributed by atoms with Gasteiger partial charge in [-0.2, -0.15) is 0 Å². The molecule has 202 valence electrons. The van der Waals surface area contributed by atoms with E-state index >= 15 is 0 Å². The maximum atomic E-state index is 12.4. The first-order valence-electron chi connectivity index (χ1n) is 10.9. The number of esters is 1. The van der Waals surface area contributed by atoms with Gasteiger partial charge < -0.3 is 64.5 Å². The number of rotatable bonds is 9. The van der Waals surface area contributed by atoms with E-state index in [0.717, 1.165) is 6.08 Å². The summed E-state index contributed by atoms with van der Waals surface area (Å²) in [6, 6.07) is 4.28. The third kappa shape index (κ3) is 5.63. The Bertz CT molecular complexity index is 924. The Labute approximate surface area is 205 Å². The van der Waals surface area contributed by atoms with Crippen LogP contribution in [0.15, 0.2) is 24.3 Å². The molecule has 8 N–H and O–H groups in total. The van der Waals surface area contributed by atoms with Crippen molar-refractivity contribution in [1.82, 2.24) is 0 Å². The molecule has 0 unspecified atom stereocenters. The molecule has 36 heavy (non-hydrogen) atoms. The molecular formula is C22H30O14. The highest BCUT2D eigenvalue weighted by molar-refractivity contribution is 5.87. The van der Waals surface area contributed by atoms with E-state index in [9.17, 15) is 45.6 Å². The molecular weight excluding hydrogens is 488 g/mol. The minimum Gasteiger partial charge on any atom is -0.504 e. The number of phenolic OH excluding ortho intramolecular Hbond substituents is 1. The van der Waals surface area contributed by atoms with Crippen molar-refractivity contribution < 1.29 is 69.3 Å². The van der Waals surface area contributed by atoms with Gasteiger partial charge in [-0.25, -0.2) is 4.79 Å². The van der Waals surface area contributed by atoms with Gasteiger partial charge in [0.15, 0.2) is 23.9 Å². The number of methoxy groups -OCH3 is 1. The van der Waals surface area contributed by atoms with Crippen LogP contribution >= 0.6 is 0 Å². The van der Waals surface area contributed by atoms with Crippen molar-refractivity contribution in [2.75, 3.05) is 26.9 Å². The highest BCUT2D eigenvalue weighted by atomic mass is 16.8. The summed E-state index contributed by atoms with van der Waals surface area (Å²) in [6.45, 7) is -2.55.